The van der Waals surface area contributed by atoms with Crippen molar-refractivity contribution in [3.63, 3.8) is 0 Å². The third-order valence-electron chi connectivity index (χ3n) is 5.21. The average Bonchev–Trinajstić information content (AvgIpc) is 2.76. The highest BCUT2D eigenvalue weighted by atomic mass is 19.1. The summed E-state index contributed by atoms with van der Waals surface area (Å²) in [5, 5.41) is 0. The minimum absolute atomic E-state index is 0.0367. The Morgan fingerprint density at radius 2 is 1.89 bits per heavy atom. The monoisotopic (exact) mass is 375 g/mol. The molecule has 142 valence electrons. The van der Waals surface area contributed by atoms with Gasteiger partial charge in [-0.3, -0.25) is 14.8 Å². The van der Waals surface area contributed by atoms with Gasteiger partial charge in [-0.2, -0.15) is 0 Å². The van der Waals surface area contributed by atoms with E-state index >= 15 is 0 Å². The summed E-state index contributed by atoms with van der Waals surface area (Å²) in [5.41, 5.74) is 3.13. The van der Waals surface area contributed by atoms with E-state index in [2.05, 4.69) is 4.98 Å². The first-order valence-corrected chi connectivity index (χ1v) is 9.59. The number of amides is 1. The lowest BCUT2D eigenvalue weighted by Gasteiger charge is -2.32. The summed E-state index contributed by atoms with van der Waals surface area (Å²) in [6.07, 6.45) is 5.69. The molecule has 0 N–H and O–H groups in total. The van der Waals surface area contributed by atoms with E-state index in [1.54, 1.807) is 36.7 Å². The molecule has 1 aromatic carbocycles. The normalized spacial score (nSPS) is 16.8. The molecule has 1 unspecified atom stereocenters. The number of hydrogen-bond acceptors (Lipinski definition) is 3. The molecule has 28 heavy (non-hydrogen) atoms. The van der Waals surface area contributed by atoms with Crippen LogP contribution in [0.2, 0.25) is 0 Å². The molecule has 0 radical (unpaired) electrons. The number of nitrogens with zero attached hydrogens (tertiary/aromatic N) is 3. The van der Waals surface area contributed by atoms with Crippen LogP contribution in [0.25, 0.3) is 0 Å². The molecule has 3 heterocycles. The number of aromatic nitrogens is 2. The first-order valence-electron chi connectivity index (χ1n) is 9.59. The van der Waals surface area contributed by atoms with Crippen LogP contribution in [0.3, 0.4) is 0 Å². The maximum atomic E-state index is 14.0. The Bertz CT molecular complexity index is 961. The number of rotatable bonds is 4. The lowest BCUT2D eigenvalue weighted by Crippen LogP contribution is -2.39. The van der Waals surface area contributed by atoms with E-state index in [9.17, 15) is 9.18 Å². The fraction of sp³-hybridized carbons (Fsp3) is 0.261. The molecule has 1 saturated heterocycles. The number of benzene rings is 1. The van der Waals surface area contributed by atoms with E-state index in [-0.39, 0.29) is 17.6 Å². The maximum absolute atomic E-state index is 14.0. The van der Waals surface area contributed by atoms with E-state index in [0.717, 1.165) is 30.8 Å². The molecule has 1 atom stereocenters. The molecule has 2 aromatic heterocycles. The van der Waals surface area contributed by atoms with Crippen LogP contribution in [0.1, 0.15) is 46.1 Å². The maximum Gasteiger partial charge on any atom is 0.253 e. The summed E-state index contributed by atoms with van der Waals surface area (Å²) in [6.45, 7) is 1.41. The predicted molar refractivity (Wildman–Crippen MR) is 106 cm³/mol. The molecular weight excluding hydrogens is 353 g/mol. The smallest absolute Gasteiger partial charge is 0.253 e. The van der Waals surface area contributed by atoms with Gasteiger partial charge in [0.25, 0.3) is 5.91 Å². The first-order chi connectivity index (χ1) is 13.7. The molecule has 3 aromatic rings. The number of hydrogen-bond donors (Lipinski definition) is 0. The third kappa shape index (κ3) is 4.09. The largest absolute Gasteiger partial charge is 0.338 e. The van der Waals surface area contributed by atoms with Crippen LogP contribution in [-0.2, 0) is 6.42 Å². The SMILES string of the molecule is O=C(c1ccncc1)N1CCCC(c2cccc(Cc3ccccc3F)n2)C1. The van der Waals surface area contributed by atoms with Crippen LogP contribution < -0.4 is 0 Å². The van der Waals surface area contributed by atoms with Crippen molar-refractivity contribution >= 4 is 5.91 Å². The molecule has 5 heteroatoms. The molecule has 1 aliphatic rings. The molecule has 0 aliphatic carbocycles. The Hall–Kier alpha value is -3.08. The van der Waals surface area contributed by atoms with Gasteiger partial charge in [0.2, 0.25) is 0 Å². The summed E-state index contributed by atoms with van der Waals surface area (Å²) < 4.78 is 14.0. The lowest BCUT2D eigenvalue weighted by molar-refractivity contribution is 0.0705. The second-order valence-electron chi connectivity index (χ2n) is 7.15. The number of carbonyl (C=O) groups excluding carboxylic acids is 1. The minimum atomic E-state index is -0.207. The van der Waals surface area contributed by atoms with Gasteiger partial charge >= 0.3 is 0 Å². The van der Waals surface area contributed by atoms with Gasteiger partial charge in [0.05, 0.1) is 0 Å². The third-order valence-corrected chi connectivity index (χ3v) is 5.21. The molecule has 4 rings (SSSR count). The summed E-state index contributed by atoms with van der Waals surface area (Å²) in [6, 6.07) is 16.2. The summed E-state index contributed by atoms with van der Waals surface area (Å²) in [4.78, 5) is 23.4. The minimum Gasteiger partial charge on any atom is -0.338 e. The Morgan fingerprint density at radius 1 is 1.07 bits per heavy atom. The van der Waals surface area contributed by atoms with Crippen LogP contribution in [0.5, 0.6) is 0 Å². The van der Waals surface area contributed by atoms with Crippen molar-refractivity contribution in [2.45, 2.75) is 25.2 Å². The van der Waals surface area contributed by atoms with Crippen molar-refractivity contribution in [2.75, 3.05) is 13.1 Å². The summed E-state index contributed by atoms with van der Waals surface area (Å²) in [7, 11) is 0. The fourth-order valence-electron chi connectivity index (χ4n) is 3.74. The van der Waals surface area contributed by atoms with Gasteiger partial charge in [0.15, 0.2) is 0 Å². The van der Waals surface area contributed by atoms with Crippen molar-refractivity contribution in [2.24, 2.45) is 0 Å². The standard InChI is InChI=1S/C23H22FN3O/c24-21-8-2-1-5-18(21)15-20-7-3-9-22(26-20)19-6-4-14-27(16-19)23(28)17-10-12-25-13-11-17/h1-3,5,7-13,19H,4,6,14-16H2. The zero-order valence-corrected chi connectivity index (χ0v) is 15.6. The first kappa shape index (κ1) is 18.3. The topological polar surface area (TPSA) is 46.1 Å². The quantitative estimate of drug-likeness (QED) is 0.686. The van der Waals surface area contributed by atoms with Gasteiger partial charge in [-0.1, -0.05) is 24.3 Å². The Balaban J connectivity index is 1.49. The van der Waals surface area contributed by atoms with Crippen molar-refractivity contribution in [1.29, 1.82) is 0 Å². The van der Waals surface area contributed by atoms with Gasteiger partial charge in [-0.15, -0.1) is 0 Å². The molecule has 1 amide bonds. The zero-order chi connectivity index (χ0) is 19.3. The van der Waals surface area contributed by atoms with Crippen LogP contribution in [0.15, 0.2) is 67.0 Å². The van der Waals surface area contributed by atoms with Crippen molar-refractivity contribution < 1.29 is 9.18 Å². The van der Waals surface area contributed by atoms with Crippen LogP contribution >= 0.6 is 0 Å². The molecule has 1 aliphatic heterocycles. The van der Waals surface area contributed by atoms with Gasteiger partial charge in [0.1, 0.15) is 5.82 Å². The van der Waals surface area contributed by atoms with Crippen LogP contribution in [0, 0.1) is 5.82 Å². The van der Waals surface area contributed by atoms with Crippen molar-refractivity contribution in [3.8, 4) is 0 Å². The molecule has 4 nitrogen and oxygen atoms in total. The van der Waals surface area contributed by atoms with Crippen molar-refractivity contribution in [1.82, 2.24) is 14.9 Å². The van der Waals surface area contributed by atoms with Gasteiger partial charge in [-0.05, 0) is 48.7 Å². The van der Waals surface area contributed by atoms with E-state index in [0.29, 0.717) is 24.1 Å². The van der Waals surface area contributed by atoms with E-state index in [1.807, 2.05) is 29.2 Å². The van der Waals surface area contributed by atoms with Crippen LogP contribution in [-0.4, -0.2) is 33.9 Å². The number of piperidine rings is 1. The van der Waals surface area contributed by atoms with Crippen molar-refractivity contribution in [3.05, 3.63) is 95.3 Å². The number of pyridine rings is 2. The predicted octanol–water partition coefficient (Wildman–Crippen LogP) is 4.23. The van der Waals surface area contributed by atoms with E-state index in [1.165, 1.54) is 6.07 Å². The Kier molecular flexibility index (Phi) is 5.42. The van der Waals surface area contributed by atoms with Crippen LogP contribution in [0.4, 0.5) is 4.39 Å². The number of halogens is 1. The second-order valence-corrected chi connectivity index (χ2v) is 7.15. The summed E-state index contributed by atoms with van der Waals surface area (Å²) in [5.74, 6) is 0.0243. The molecule has 0 bridgehead atoms. The fourth-order valence-corrected chi connectivity index (χ4v) is 3.74. The highest BCUT2D eigenvalue weighted by Gasteiger charge is 2.26. The van der Waals surface area contributed by atoms with Gasteiger partial charge in [0, 0.05) is 54.8 Å². The van der Waals surface area contributed by atoms with E-state index < -0.39 is 0 Å². The highest BCUT2D eigenvalue weighted by Crippen LogP contribution is 2.27. The van der Waals surface area contributed by atoms with Gasteiger partial charge < -0.3 is 4.90 Å². The number of likely N-dealkylation sites (tertiary alicyclic amines) is 1. The average molecular weight is 375 g/mol. The van der Waals surface area contributed by atoms with Gasteiger partial charge in [-0.25, -0.2) is 4.39 Å². The molecule has 0 saturated carbocycles. The van der Waals surface area contributed by atoms with E-state index in [4.69, 9.17) is 4.98 Å². The Morgan fingerprint density at radius 3 is 2.71 bits per heavy atom. The molecular formula is C23H22FN3O. The highest BCUT2D eigenvalue weighted by molar-refractivity contribution is 5.94. The lowest BCUT2D eigenvalue weighted by atomic mass is 9.93. The molecule has 0 spiro atoms. The zero-order valence-electron chi connectivity index (χ0n) is 15.6. The second kappa shape index (κ2) is 8.30. The summed E-state index contributed by atoms with van der Waals surface area (Å²) >= 11 is 0. The molecule has 1 fully saturated rings. The Labute approximate surface area is 164 Å². The number of carbonyl (C=O) groups is 1.